The smallest absolute Gasteiger partial charge is 0.227 e. The van der Waals surface area contributed by atoms with E-state index in [2.05, 4.69) is 21.8 Å². The van der Waals surface area contributed by atoms with Crippen LogP contribution in [0.15, 0.2) is 4.90 Å². The fourth-order valence-corrected chi connectivity index (χ4v) is 4.69. The van der Waals surface area contributed by atoms with Crippen LogP contribution in [0.3, 0.4) is 0 Å². The van der Waals surface area contributed by atoms with Crippen molar-refractivity contribution in [1.29, 1.82) is 0 Å². The molecule has 3 aliphatic heterocycles. The van der Waals surface area contributed by atoms with Gasteiger partial charge in [0.1, 0.15) is 4.90 Å². The third-order valence-electron chi connectivity index (χ3n) is 4.87. The lowest BCUT2D eigenvalue weighted by atomic mass is 10.1. The number of nitrogens with zero attached hydrogens (tertiary/aromatic N) is 4. The summed E-state index contributed by atoms with van der Waals surface area (Å²) in [7, 11) is 1.12. The second-order valence-electron chi connectivity index (χ2n) is 6.22. The first-order valence-electron chi connectivity index (χ1n) is 8.09. The molecule has 1 aromatic rings. The minimum absolute atomic E-state index is 0.412. The van der Waals surface area contributed by atoms with Crippen molar-refractivity contribution in [3.05, 3.63) is 5.69 Å². The summed E-state index contributed by atoms with van der Waals surface area (Å²) in [5, 5.41) is 0. The standard InChI is InChI=1S/C15H22N4O2S/c1-18(11-3-8-21-9-4-11)14-13-12(5-10-22(13)20)16-15(17-14)19-6-2-7-19/h11H,2-10H2,1H3. The van der Waals surface area contributed by atoms with Gasteiger partial charge >= 0.3 is 0 Å². The fourth-order valence-electron chi connectivity index (χ4n) is 3.31. The first kappa shape index (κ1) is 14.4. The van der Waals surface area contributed by atoms with E-state index in [1.54, 1.807) is 0 Å². The summed E-state index contributed by atoms with van der Waals surface area (Å²) in [5.41, 5.74) is 0.990. The number of rotatable bonds is 3. The Morgan fingerprint density at radius 3 is 2.73 bits per heavy atom. The van der Waals surface area contributed by atoms with Gasteiger partial charge in [0, 0.05) is 51.6 Å². The molecule has 6 nitrogen and oxygen atoms in total. The van der Waals surface area contributed by atoms with Gasteiger partial charge in [0.2, 0.25) is 5.95 Å². The third-order valence-corrected chi connectivity index (χ3v) is 6.32. The van der Waals surface area contributed by atoms with Crippen molar-refractivity contribution in [2.45, 2.75) is 36.6 Å². The zero-order valence-electron chi connectivity index (χ0n) is 13.0. The van der Waals surface area contributed by atoms with Gasteiger partial charge in [0.25, 0.3) is 0 Å². The van der Waals surface area contributed by atoms with Crippen LogP contribution in [0.5, 0.6) is 0 Å². The number of hydrogen-bond acceptors (Lipinski definition) is 6. The molecule has 0 saturated carbocycles. The van der Waals surface area contributed by atoms with Gasteiger partial charge in [0.15, 0.2) is 5.82 Å². The normalized spacial score (nSPS) is 25.0. The van der Waals surface area contributed by atoms with Crippen LogP contribution in [0.4, 0.5) is 11.8 Å². The monoisotopic (exact) mass is 322 g/mol. The average Bonchev–Trinajstić information content (AvgIpc) is 2.86. The highest BCUT2D eigenvalue weighted by molar-refractivity contribution is 7.85. The number of aromatic nitrogens is 2. The van der Waals surface area contributed by atoms with Crippen molar-refractivity contribution in [2.24, 2.45) is 0 Å². The van der Waals surface area contributed by atoms with Gasteiger partial charge in [-0.2, -0.15) is 4.98 Å². The maximum absolute atomic E-state index is 12.4. The van der Waals surface area contributed by atoms with Crippen LogP contribution in [0.1, 0.15) is 25.0 Å². The van der Waals surface area contributed by atoms with Crippen LogP contribution in [0.2, 0.25) is 0 Å². The largest absolute Gasteiger partial charge is 0.381 e. The Morgan fingerprint density at radius 1 is 1.27 bits per heavy atom. The van der Waals surface area contributed by atoms with E-state index in [0.29, 0.717) is 11.8 Å². The molecule has 0 spiro atoms. The zero-order chi connectivity index (χ0) is 15.1. The lowest BCUT2D eigenvalue weighted by Gasteiger charge is -2.35. The number of fused-ring (bicyclic) bond motifs is 1. The molecule has 7 heteroatoms. The van der Waals surface area contributed by atoms with Gasteiger partial charge in [-0.05, 0) is 19.3 Å². The van der Waals surface area contributed by atoms with Crippen LogP contribution in [0.25, 0.3) is 0 Å². The molecule has 0 N–H and O–H groups in total. The minimum Gasteiger partial charge on any atom is -0.381 e. The summed E-state index contributed by atoms with van der Waals surface area (Å²) in [4.78, 5) is 14.8. The maximum Gasteiger partial charge on any atom is 0.227 e. The van der Waals surface area contributed by atoms with Crippen molar-refractivity contribution in [3.8, 4) is 0 Å². The molecule has 2 saturated heterocycles. The van der Waals surface area contributed by atoms with Crippen LogP contribution in [-0.2, 0) is 22.0 Å². The number of aryl methyl sites for hydroxylation is 1. The summed E-state index contributed by atoms with van der Waals surface area (Å²) >= 11 is 0. The second-order valence-corrected chi connectivity index (χ2v) is 7.73. The van der Waals surface area contributed by atoms with Gasteiger partial charge < -0.3 is 14.5 Å². The summed E-state index contributed by atoms with van der Waals surface area (Å²) in [5.74, 6) is 2.38. The van der Waals surface area contributed by atoms with Gasteiger partial charge in [-0.1, -0.05) is 0 Å². The highest BCUT2D eigenvalue weighted by atomic mass is 32.2. The molecule has 0 amide bonds. The molecular weight excluding hydrogens is 300 g/mol. The molecule has 22 heavy (non-hydrogen) atoms. The van der Waals surface area contributed by atoms with Gasteiger partial charge in [-0.15, -0.1) is 0 Å². The van der Waals surface area contributed by atoms with Crippen molar-refractivity contribution in [1.82, 2.24) is 9.97 Å². The van der Waals surface area contributed by atoms with Crippen LogP contribution >= 0.6 is 0 Å². The van der Waals surface area contributed by atoms with Gasteiger partial charge in [-0.3, -0.25) is 4.21 Å². The number of ether oxygens (including phenoxy) is 1. The summed E-state index contributed by atoms with van der Waals surface area (Å²) in [6, 6.07) is 0.412. The minimum atomic E-state index is -0.956. The Morgan fingerprint density at radius 2 is 2.05 bits per heavy atom. The van der Waals surface area contributed by atoms with Crippen molar-refractivity contribution in [3.63, 3.8) is 0 Å². The van der Waals surface area contributed by atoms with Crippen LogP contribution in [0, 0.1) is 0 Å². The highest BCUT2D eigenvalue weighted by Crippen LogP contribution is 2.34. The molecular formula is C15H22N4O2S. The predicted octanol–water partition coefficient (Wildman–Crippen LogP) is 0.966. The average molecular weight is 322 g/mol. The van der Waals surface area contributed by atoms with E-state index in [4.69, 9.17) is 9.72 Å². The molecule has 0 radical (unpaired) electrons. The Bertz CT molecular complexity index is 599. The zero-order valence-corrected chi connectivity index (χ0v) is 13.8. The number of hydrogen-bond donors (Lipinski definition) is 0. The molecule has 0 bridgehead atoms. The molecule has 1 atom stereocenters. The highest BCUT2D eigenvalue weighted by Gasteiger charge is 2.32. The third kappa shape index (κ3) is 2.40. The van der Waals surface area contributed by atoms with Gasteiger partial charge in [0.05, 0.1) is 16.5 Å². The van der Waals surface area contributed by atoms with E-state index in [-0.39, 0.29) is 0 Å². The predicted molar refractivity (Wildman–Crippen MR) is 86.1 cm³/mol. The summed E-state index contributed by atoms with van der Waals surface area (Å²) in [6.07, 6.45) is 4.01. The molecule has 3 aliphatic rings. The molecule has 1 unspecified atom stereocenters. The number of anilines is 2. The molecule has 1 aromatic heterocycles. The quantitative estimate of drug-likeness (QED) is 0.826. The van der Waals surface area contributed by atoms with E-state index >= 15 is 0 Å². The van der Waals surface area contributed by atoms with E-state index in [1.807, 2.05) is 0 Å². The first-order valence-corrected chi connectivity index (χ1v) is 9.41. The van der Waals surface area contributed by atoms with E-state index < -0.39 is 10.8 Å². The lowest BCUT2D eigenvalue weighted by Crippen LogP contribution is -2.40. The SMILES string of the molecule is CN(c1nc(N2CCC2)nc2c1S(=O)CC2)C1CCOCC1. The van der Waals surface area contributed by atoms with Crippen molar-refractivity contribution < 1.29 is 8.95 Å². The Kier molecular flexibility index (Phi) is 3.78. The Balaban J connectivity index is 1.72. The summed E-state index contributed by atoms with van der Waals surface area (Å²) in [6.45, 7) is 3.65. The lowest BCUT2D eigenvalue weighted by molar-refractivity contribution is 0.0852. The maximum atomic E-state index is 12.4. The Hall–Kier alpha value is -1.21. The molecule has 0 aliphatic carbocycles. The van der Waals surface area contributed by atoms with Crippen molar-refractivity contribution in [2.75, 3.05) is 48.9 Å². The second kappa shape index (κ2) is 5.77. The Labute approximate surface area is 133 Å². The van der Waals surface area contributed by atoms with E-state index in [1.165, 1.54) is 6.42 Å². The van der Waals surface area contributed by atoms with Crippen LogP contribution in [-0.4, -0.2) is 59.3 Å². The van der Waals surface area contributed by atoms with Gasteiger partial charge in [-0.25, -0.2) is 4.98 Å². The molecule has 0 aromatic carbocycles. The topological polar surface area (TPSA) is 58.6 Å². The van der Waals surface area contributed by atoms with E-state index in [0.717, 1.165) is 67.9 Å². The molecule has 4 heterocycles. The first-order chi connectivity index (χ1) is 10.7. The summed E-state index contributed by atoms with van der Waals surface area (Å²) < 4.78 is 17.9. The molecule has 4 rings (SSSR count). The van der Waals surface area contributed by atoms with Crippen molar-refractivity contribution >= 4 is 22.6 Å². The fraction of sp³-hybridized carbons (Fsp3) is 0.733. The molecule has 120 valence electrons. The van der Waals surface area contributed by atoms with E-state index in [9.17, 15) is 4.21 Å². The van der Waals surface area contributed by atoms with Crippen LogP contribution < -0.4 is 9.80 Å². The molecule has 2 fully saturated rings.